The summed E-state index contributed by atoms with van der Waals surface area (Å²) >= 11 is 0. The summed E-state index contributed by atoms with van der Waals surface area (Å²) in [6.07, 6.45) is 0.445. The fourth-order valence-corrected chi connectivity index (χ4v) is 56.8. The predicted octanol–water partition coefficient (Wildman–Crippen LogP) is 2.40. The Hall–Kier alpha value is 0.642. The second kappa shape index (κ2) is 9.82. The van der Waals surface area contributed by atoms with Crippen LogP contribution in [0.3, 0.4) is 0 Å². The molecule has 0 radical (unpaired) electrons. The van der Waals surface area contributed by atoms with Gasteiger partial charge in [-0.05, 0) is 25.9 Å². The van der Waals surface area contributed by atoms with Crippen molar-refractivity contribution in [1.29, 1.82) is 0 Å². The maximum absolute atomic E-state index is 11.9. The first-order chi connectivity index (χ1) is 18.0. The topological polar surface area (TPSA) is 146 Å². The number of esters is 1. The van der Waals surface area contributed by atoms with Crippen molar-refractivity contribution in [2.75, 3.05) is 6.61 Å². The van der Waals surface area contributed by atoms with Crippen molar-refractivity contribution in [3.05, 3.63) is 12.2 Å². The van der Waals surface area contributed by atoms with Crippen molar-refractivity contribution in [3.63, 3.8) is 0 Å². The van der Waals surface area contributed by atoms with Gasteiger partial charge in [-0.15, -0.1) is 0 Å². The van der Waals surface area contributed by atoms with Crippen molar-refractivity contribution < 1.29 is 63.0 Å². The Morgan fingerprint density at radius 3 is 1.02 bits per heavy atom. The van der Waals surface area contributed by atoms with Crippen LogP contribution in [0, 0.1) is 0 Å². The van der Waals surface area contributed by atoms with Gasteiger partial charge in [0.1, 0.15) is 0 Å². The Balaban J connectivity index is 1.62. The van der Waals surface area contributed by atoms with E-state index < -0.39 is 85.0 Å². The van der Waals surface area contributed by atoms with Crippen molar-refractivity contribution in [1.82, 2.24) is 0 Å². The van der Waals surface area contributed by atoms with E-state index in [0.29, 0.717) is 18.0 Å². The van der Waals surface area contributed by atoms with Crippen LogP contribution in [0.2, 0.25) is 65.0 Å². The molecule has 6 aliphatic heterocycles. The lowest BCUT2D eigenvalue weighted by Gasteiger charge is -2.59. The average molecular weight is 723 g/mol. The van der Waals surface area contributed by atoms with Gasteiger partial charge in [-0.1, -0.05) is 6.58 Å². The largest absolute Gasteiger partial charge is 0.475 e. The summed E-state index contributed by atoms with van der Waals surface area (Å²) < 4.78 is 91.9. The first-order valence-electron chi connectivity index (χ1n) is 13.0. The summed E-state index contributed by atoms with van der Waals surface area (Å²) in [7, 11) is -32.6. The molecule has 8 bridgehead atoms. The van der Waals surface area contributed by atoms with Gasteiger partial charge in [0.25, 0.3) is 0 Å². The molecule has 4 atom stereocenters. The molecular weight excluding hydrogens is 685 g/mol. The summed E-state index contributed by atoms with van der Waals surface area (Å²) in [6, 6.07) is 0.404. The average Bonchev–Trinajstić information content (AvgIpc) is 2.62. The third-order valence-corrected chi connectivity index (χ3v) is 46.6. The van der Waals surface area contributed by atoms with Gasteiger partial charge in [0, 0.05) is 57.9 Å². The zero-order valence-corrected chi connectivity index (χ0v) is 33.5. The first kappa shape index (κ1) is 32.0. The van der Waals surface area contributed by atoms with Gasteiger partial charge in [0.2, 0.25) is 0 Å². The van der Waals surface area contributed by atoms with E-state index in [1.807, 2.05) is 6.55 Å². The van der Waals surface area contributed by atoms with E-state index in [1.54, 1.807) is 59.3 Å². The van der Waals surface area contributed by atoms with E-state index >= 15 is 0 Å². The van der Waals surface area contributed by atoms with Crippen LogP contribution < -0.4 is 0 Å². The van der Waals surface area contributed by atoms with Crippen LogP contribution in [0.1, 0.15) is 13.3 Å². The molecule has 6 saturated heterocycles. The zero-order valence-electron chi connectivity index (χ0n) is 24.5. The maximum atomic E-state index is 11.9. The fraction of sp³-hybridized carbons (Fsp3) is 0.812. The molecule has 0 aliphatic carbocycles. The molecule has 6 aliphatic rings. The minimum atomic E-state index is -3.72. The summed E-state index contributed by atoms with van der Waals surface area (Å²) in [5.41, 5.74) is 0.322. The molecule has 4 unspecified atom stereocenters. The highest BCUT2D eigenvalue weighted by Gasteiger charge is 2.77. The minimum Gasteiger partial charge on any atom is -0.462 e. The van der Waals surface area contributed by atoms with E-state index in [1.165, 1.54) is 0 Å². The lowest BCUT2D eigenvalue weighted by Crippen LogP contribution is -2.84. The van der Waals surface area contributed by atoms with Crippen LogP contribution in [0.25, 0.3) is 0 Å². The van der Waals surface area contributed by atoms with Crippen LogP contribution in [0.4, 0.5) is 0 Å². The molecule has 0 amide bonds. The number of hydrogen-bond acceptors (Lipinski definition) is 15. The highest BCUT2D eigenvalue weighted by atomic mass is 28.6. The van der Waals surface area contributed by atoms with Crippen molar-refractivity contribution in [3.8, 4) is 0 Å². The summed E-state index contributed by atoms with van der Waals surface area (Å²) in [5.74, 6) is -0.462. The molecule has 6 rings (SSSR count). The number of rotatable bonds is 5. The Kier molecular flexibility index (Phi) is 7.87. The van der Waals surface area contributed by atoms with Gasteiger partial charge < -0.3 is 58.2 Å². The number of carbonyl (C=O) groups is 1. The molecule has 6 heterocycles. The monoisotopic (exact) mass is 722 g/mol. The Morgan fingerprint density at radius 1 is 0.525 bits per heavy atom. The van der Waals surface area contributed by atoms with Crippen LogP contribution in [-0.4, -0.2) is 91.6 Å². The van der Waals surface area contributed by atoms with Crippen LogP contribution in [0.15, 0.2) is 12.2 Å². The lowest BCUT2D eigenvalue weighted by atomic mass is 10.4. The first-order valence-corrected chi connectivity index (χ1v) is 33.3. The van der Waals surface area contributed by atoms with Gasteiger partial charge in [0.15, 0.2) is 0 Å². The van der Waals surface area contributed by atoms with Gasteiger partial charge in [-0.2, -0.15) is 0 Å². The van der Waals surface area contributed by atoms with Crippen molar-refractivity contribution in [2.24, 2.45) is 0 Å². The molecule has 15 nitrogen and oxygen atoms in total. The molecule has 0 aromatic rings. The lowest BCUT2D eigenvalue weighted by molar-refractivity contribution is -0.139. The van der Waals surface area contributed by atoms with E-state index in [0.717, 1.165) is 0 Å². The molecule has 6 fully saturated rings. The normalized spacial score (nSPS) is 53.9. The molecule has 0 saturated carbocycles. The fourth-order valence-electron chi connectivity index (χ4n) is 5.79. The molecule has 0 aromatic heterocycles. The molecule has 0 spiro atoms. The molecular formula is C16H38O15Si9. The number of fused-ring (bicyclic) bond motifs is 2. The standard InChI is InChI=1S/C16H38O15Si9/c1-15(2)16(17)18-13-12-14-32(3)19-33(4)21-35(6)25-37(8)23-34(5,20-32)24-38(9)26-36(7,22-33)28-39(10,27-35)31-40(11,29-37)30-38/h1,12-14H2,2-11H3. The zero-order chi connectivity index (χ0) is 29.7. The third-order valence-electron chi connectivity index (χ3n) is 6.24. The molecule has 24 heteroatoms. The van der Waals surface area contributed by atoms with E-state index in [-0.39, 0.29) is 6.61 Å². The van der Waals surface area contributed by atoms with E-state index in [9.17, 15) is 4.79 Å². The Labute approximate surface area is 244 Å². The van der Waals surface area contributed by atoms with Crippen LogP contribution in [0.5, 0.6) is 0 Å². The van der Waals surface area contributed by atoms with Gasteiger partial charge in [0.05, 0.1) is 6.61 Å². The highest BCUT2D eigenvalue weighted by Crippen LogP contribution is 2.47. The molecule has 40 heavy (non-hydrogen) atoms. The minimum absolute atomic E-state index is 0.148. The van der Waals surface area contributed by atoms with E-state index in [4.69, 9.17) is 58.2 Å². The Morgan fingerprint density at radius 2 is 0.775 bits per heavy atom. The van der Waals surface area contributed by atoms with Crippen molar-refractivity contribution >= 4 is 85.0 Å². The number of hydrogen-bond donors (Lipinski definition) is 0. The second-order valence-corrected chi connectivity index (χ2v) is 38.6. The summed E-state index contributed by atoms with van der Waals surface area (Å²) in [6.45, 7) is 21.1. The predicted molar refractivity (Wildman–Crippen MR) is 154 cm³/mol. The number of carbonyl (C=O) groups excluding carboxylic acids is 1. The van der Waals surface area contributed by atoms with Gasteiger partial charge >= 0.3 is 85.0 Å². The molecule has 0 N–H and O–H groups in total. The number of ether oxygens (including phenoxy) is 1. The summed E-state index contributed by atoms with van der Waals surface area (Å²) in [4.78, 5) is 11.9. The van der Waals surface area contributed by atoms with Gasteiger partial charge in [-0.25, -0.2) is 4.79 Å². The molecule has 228 valence electrons. The molecule has 0 aromatic carbocycles. The summed E-state index contributed by atoms with van der Waals surface area (Å²) in [5, 5.41) is 0. The SMILES string of the molecule is C=C(C)C(=O)OCCC[Si]1(C)O[Si]2(C)O[Si]3(C)O[Si]4(C)O[Si](C)(O1)O[Si]1(C)O[Si](C)(O2)O[Si](C)(O3)O[Si](C)(O4)O1. The highest BCUT2D eigenvalue weighted by molar-refractivity contribution is 7.01. The van der Waals surface area contributed by atoms with Crippen LogP contribution >= 0.6 is 0 Å². The third kappa shape index (κ3) is 6.66. The second-order valence-electron chi connectivity index (χ2n) is 11.4. The van der Waals surface area contributed by atoms with Gasteiger partial charge in [-0.3, -0.25) is 0 Å². The van der Waals surface area contributed by atoms with E-state index in [2.05, 4.69) is 6.58 Å². The van der Waals surface area contributed by atoms with Crippen molar-refractivity contribution in [2.45, 2.75) is 78.3 Å². The Bertz CT molecular complexity index is 1000. The maximum Gasteiger partial charge on any atom is 0.475 e. The quantitative estimate of drug-likeness (QED) is 0.177. The van der Waals surface area contributed by atoms with Crippen LogP contribution in [-0.2, 0) is 63.0 Å². The smallest absolute Gasteiger partial charge is 0.462 e.